The molecule has 0 spiro atoms. The molecule has 1 saturated carbocycles. The standard InChI is InChI=1S/C16H22ClNO2/c1-10(2)14-8-12(9-15(17)18-14)16(19)20-13-6-4-11(3)5-7-13/h8-11,13H,4-7H2,1-3H3. The summed E-state index contributed by atoms with van der Waals surface area (Å²) in [6.07, 6.45) is 4.23. The monoisotopic (exact) mass is 295 g/mol. The summed E-state index contributed by atoms with van der Waals surface area (Å²) in [4.78, 5) is 16.4. The van der Waals surface area contributed by atoms with E-state index in [-0.39, 0.29) is 18.0 Å². The number of carbonyl (C=O) groups excluding carboxylic acids is 1. The van der Waals surface area contributed by atoms with Crippen LogP contribution in [-0.4, -0.2) is 17.1 Å². The van der Waals surface area contributed by atoms with Crippen LogP contribution in [0.5, 0.6) is 0 Å². The fraction of sp³-hybridized carbons (Fsp3) is 0.625. The summed E-state index contributed by atoms with van der Waals surface area (Å²) in [6.45, 7) is 6.29. The van der Waals surface area contributed by atoms with Crippen LogP contribution in [0.4, 0.5) is 0 Å². The van der Waals surface area contributed by atoms with Crippen molar-refractivity contribution in [3.8, 4) is 0 Å². The van der Waals surface area contributed by atoms with Crippen molar-refractivity contribution in [1.82, 2.24) is 4.98 Å². The van der Waals surface area contributed by atoms with Gasteiger partial charge < -0.3 is 4.74 Å². The first kappa shape index (κ1) is 15.3. The number of hydrogen-bond donors (Lipinski definition) is 0. The molecular formula is C16H22ClNO2. The molecule has 3 nitrogen and oxygen atoms in total. The number of ether oxygens (including phenoxy) is 1. The lowest BCUT2D eigenvalue weighted by atomic mass is 9.89. The predicted molar refractivity (Wildman–Crippen MR) is 80.2 cm³/mol. The third kappa shape index (κ3) is 3.95. The number of halogens is 1. The number of nitrogens with zero attached hydrogens (tertiary/aromatic N) is 1. The molecule has 1 fully saturated rings. The third-order valence-corrected chi connectivity index (χ3v) is 4.07. The van der Waals surface area contributed by atoms with Gasteiger partial charge in [-0.25, -0.2) is 9.78 Å². The largest absolute Gasteiger partial charge is 0.459 e. The fourth-order valence-electron chi connectivity index (χ4n) is 2.50. The first-order chi connectivity index (χ1) is 9.45. The SMILES string of the molecule is CC1CCC(OC(=O)c2cc(Cl)nc(C(C)C)c2)CC1. The van der Waals surface area contributed by atoms with E-state index in [0.717, 1.165) is 37.3 Å². The smallest absolute Gasteiger partial charge is 0.338 e. The summed E-state index contributed by atoms with van der Waals surface area (Å²) in [5.74, 6) is 0.694. The number of esters is 1. The van der Waals surface area contributed by atoms with Gasteiger partial charge >= 0.3 is 5.97 Å². The molecule has 0 aromatic carbocycles. The highest BCUT2D eigenvalue weighted by Crippen LogP contribution is 2.26. The molecule has 4 heteroatoms. The van der Waals surface area contributed by atoms with Crippen molar-refractivity contribution in [3.63, 3.8) is 0 Å². The minimum atomic E-state index is -0.282. The second-order valence-electron chi connectivity index (χ2n) is 6.05. The lowest BCUT2D eigenvalue weighted by Gasteiger charge is -2.26. The average Bonchev–Trinajstić information content (AvgIpc) is 2.40. The van der Waals surface area contributed by atoms with Gasteiger partial charge in [-0.05, 0) is 49.7 Å². The molecule has 0 amide bonds. The number of aromatic nitrogens is 1. The van der Waals surface area contributed by atoms with Crippen LogP contribution in [0.3, 0.4) is 0 Å². The summed E-state index contributed by atoms with van der Waals surface area (Å²) in [5, 5.41) is 0.348. The quantitative estimate of drug-likeness (QED) is 0.604. The van der Waals surface area contributed by atoms with E-state index < -0.39 is 0 Å². The van der Waals surface area contributed by atoms with E-state index in [2.05, 4.69) is 11.9 Å². The molecule has 0 N–H and O–H groups in total. The predicted octanol–water partition coefficient (Wildman–Crippen LogP) is 4.59. The van der Waals surface area contributed by atoms with Crippen LogP contribution in [-0.2, 0) is 4.74 Å². The Hall–Kier alpha value is -1.09. The Labute approximate surface area is 125 Å². The number of pyridine rings is 1. The zero-order chi connectivity index (χ0) is 14.7. The van der Waals surface area contributed by atoms with Crippen LogP contribution in [0, 0.1) is 5.92 Å². The van der Waals surface area contributed by atoms with Gasteiger partial charge in [0.2, 0.25) is 0 Å². The Morgan fingerprint density at radius 1 is 1.30 bits per heavy atom. The molecule has 0 saturated heterocycles. The molecule has 2 rings (SSSR count). The molecule has 110 valence electrons. The Morgan fingerprint density at radius 2 is 1.95 bits per heavy atom. The van der Waals surface area contributed by atoms with Crippen molar-refractivity contribution in [2.45, 2.75) is 58.5 Å². The second kappa shape index (κ2) is 6.57. The van der Waals surface area contributed by atoms with Gasteiger partial charge in [0.25, 0.3) is 0 Å². The molecule has 1 aromatic rings. The maximum Gasteiger partial charge on any atom is 0.338 e. The molecule has 0 unspecified atom stereocenters. The first-order valence-electron chi connectivity index (χ1n) is 7.34. The normalized spacial score (nSPS) is 22.9. The van der Waals surface area contributed by atoms with E-state index in [0.29, 0.717) is 10.7 Å². The molecular weight excluding hydrogens is 274 g/mol. The Balaban J connectivity index is 2.05. The third-order valence-electron chi connectivity index (χ3n) is 3.88. The molecule has 1 aliphatic carbocycles. The van der Waals surface area contributed by atoms with Crippen molar-refractivity contribution >= 4 is 17.6 Å². The van der Waals surface area contributed by atoms with Gasteiger partial charge in [0.1, 0.15) is 11.3 Å². The molecule has 1 aromatic heterocycles. The van der Waals surface area contributed by atoms with Crippen LogP contribution in [0.25, 0.3) is 0 Å². The highest BCUT2D eigenvalue weighted by atomic mass is 35.5. The molecule has 1 heterocycles. The van der Waals surface area contributed by atoms with Crippen molar-refractivity contribution in [2.24, 2.45) is 5.92 Å². The van der Waals surface area contributed by atoms with Crippen molar-refractivity contribution < 1.29 is 9.53 Å². The lowest BCUT2D eigenvalue weighted by Crippen LogP contribution is -2.23. The van der Waals surface area contributed by atoms with Crippen LogP contribution < -0.4 is 0 Å². The van der Waals surface area contributed by atoms with E-state index in [9.17, 15) is 4.79 Å². The van der Waals surface area contributed by atoms with Gasteiger partial charge in [0.15, 0.2) is 0 Å². The summed E-state index contributed by atoms with van der Waals surface area (Å²) in [6, 6.07) is 3.37. The van der Waals surface area contributed by atoms with Gasteiger partial charge in [0, 0.05) is 5.69 Å². The average molecular weight is 296 g/mol. The van der Waals surface area contributed by atoms with Crippen LogP contribution in [0.1, 0.15) is 68.4 Å². The van der Waals surface area contributed by atoms with Crippen molar-refractivity contribution in [2.75, 3.05) is 0 Å². The van der Waals surface area contributed by atoms with Crippen LogP contribution in [0.2, 0.25) is 5.15 Å². The van der Waals surface area contributed by atoms with Gasteiger partial charge in [-0.3, -0.25) is 0 Å². The van der Waals surface area contributed by atoms with Gasteiger partial charge in [-0.2, -0.15) is 0 Å². The van der Waals surface area contributed by atoms with Gasteiger partial charge in [-0.15, -0.1) is 0 Å². The summed E-state index contributed by atoms with van der Waals surface area (Å²) < 4.78 is 5.59. The van der Waals surface area contributed by atoms with E-state index in [1.807, 2.05) is 13.8 Å². The van der Waals surface area contributed by atoms with E-state index >= 15 is 0 Å². The molecule has 20 heavy (non-hydrogen) atoms. The summed E-state index contributed by atoms with van der Waals surface area (Å²) in [7, 11) is 0. The van der Waals surface area contributed by atoms with E-state index in [4.69, 9.17) is 16.3 Å². The van der Waals surface area contributed by atoms with E-state index in [1.54, 1.807) is 12.1 Å². The minimum absolute atomic E-state index is 0.0492. The van der Waals surface area contributed by atoms with Gasteiger partial charge in [0.05, 0.1) is 5.56 Å². The zero-order valence-electron chi connectivity index (χ0n) is 12.4. The first-order valence-corrected chi connectivity index (χ1v) is 7.72. The number of carbonyl (C=O) groups is 1. The second-order valence-corrected chi connectivity index (χ2v) is 6.43. The Bertz CT molecular complexity index is 479. The highest BCUT2D eigenvalue weighted by molar-refractivity contribution is 6.29. The van der Waals surface area contributed by atoms with E-state index in [1.165, 1.54) is 0 Å². The molecule has 0 bridgehead atoms. The molecule has 0 aliphatic heterocycles. The summed E-state index contributed by atoms with van der Waals surface area (Å²) >= 11 is 5.98. The fourth-order valence-corrected chi connectivity index (χ4v) is 2.71. The topological polar surface area (TPSA) is 39.2 Å². The van der Waals surface area contributed by atoms with Crippen molar-refractivity contribution in [1.29, 1.82) is 0 Å². The summed E-state index contributed by atoms with van der Waals surface area (Å²) in [5.41, 5.74) is 1.33. The van der Waals surface area contributed by atoms with Gasteiger partial charge in [-0.1, -0.05) is 32.4 Å². The van der Waals surface area contributed by atoms with Crippen molar-refractivity contribution in [3.05, 3.63) is 28.5 Å². The number of rotatable bonds is 3. The maximum absolute atomic E-state index is 12.2. The Morgan fingerprint density at radius 3 is 2.55 bits per heavy atom. The van der Waals surface area contributed by atoms with Crippen LogP contribution >= 0.6 is 11.6 Å². The molecule has 0 atom stereocenters. The molecule has 1 aliphatic rings. The lowest BCUT2D eigenvalue weighted by molar-refractivity contribution is 0.0173. The zero-order valence-corrected chi connectivity index (χ0v) is 13.1. The van der Waals surface area contributed by atoms with Crippen LogP contribution in [0.15, 0.2) is 12.1 Å². The maximum atomic E-state index is 12.2. The highest BCUT2D eigenvalue weighted by Gasteiger charge is 2.22. The molecule has 0 radical (unpaired) electrons. The number of hydrogen-bond acceptors (Lipinski definition) is 3. The Kier molecular flexibility index (Phi) is 5.03. The minimum Gasteiger partial charge on any atom is -0.459 e.